The van der Waals surface area contributed by atoms with E-state index in [0.717, 1.165) is 11.4 Å². The molecule has 6 heteroatoms. The normalized spacial score (nSPS) is 10.5. The summed E-state index contributed by atoms with van der Waals surface area (Å²) in [4.78, 5) is 11.1. The second kappa shape index (κ2) is 5.32. The number of hydrogen-bond donors (Lipinski definition) is 1. The Hall–Kier alpha value is -2.01. The van der Waals surface area contributed by atoms with E-state index in [2.05, 4.69) is 5.10 Å². The molecule has 0 unspecified atom stereocenters. The fourth-order valence-corrected chi connectivity index (χ4v) is 2.03. The zero-order valence-corrected chi connectivity index (χ0v) is 11.3. The zero-order chi connectivity index (χ0) is 14.0. The van der Waals surface area contributed by atoms with E-state index in [0.29, 0.717) is 0 Å². The maximum Gasteiger partial charge on any atom is 0.341 e. The molecule has 0 bridgehead atoms. The molecule has 19 heavy (non-hydrogen) atoms. The lowest BCUT2D eigenvalue weighted by molar-refractivity contribution is 0.0692. The zero-order valence-electron chi connectivity index (χ0n) is 10.6. The molecule has 0 fully saturated rings. The molecule has 1 heterocycles. The summed E-state index contributed by atoms with van der Waals surface area (Å²) < 4.78 is 7.23. The molecule has 0 aliphatic carbocycles. The Balaban J connectivity index is 2.22. The van der Waals surface area contributed by atoms with Crippen molar-refractivity contribution in [1.29, 1.82) is 0 Å². The Morgan fingerprint density at radius 3 is 2.84 bits per heavy atom. The number of carbonyl (C=O) groups is 1. The van der Waals surface area contributed by atoms with Crippen LogP contribution in [0.15, 0.2) is 24.3 Å². The maximum atomic E-state index is 11.1. The van der Waals surface area contributed by atoms with Gasteiger partial charge < -0.3 is 9.84 Å². The minimum atomic E-state index is -1.11. The van der Waals surface area contributed by atoms with Crippen LogP contribution in [0.2, 0.25) is 5.02 Å². The molecule has 0 amide bonds. The third-order valence-corrected chi connectivity index (χ3v) is 2.98. The SMILES string of the molecule is Cc1cc(COc2cccc(Cl)c2C(=O)O)n(C)n1. The molecule has 0 saturated carbocycles. The Labute approximate surface area is 115 Å². The quantitative estimate of drug-likeness (QED) is 0.935. The van der Waals surface area contributed by atoms with Crippen molar-refractivity contribution in [1.82, 2.24) is 9.78 Å². The number of aromatic nitrogens is 2. The Kier molecular flexibility index (Phi) is 3.76. The van der Waals surface area contributed by atoms with Gasteiger partial charge in [-0.1, -0.05) is 17.7 Å². The highest BCUT2D eigenvalue weighted by Gasteiger charge is 2.16. The van der Waals surface area contributed by atoms with Gasteiger partial charge in [-0.3, -0.25) is 4.68 Å². The fourth-order valence-electron chi connectivity index (χ4n) is 1.78. The van der Waals surface area contributed by atoms with Gasteiger partial charge in [-0.15, -0.1) is 0 Å². The van der Waals surface area contributed by atoms with Crippen molar-refractivity contribution in [3.8, 4) is 5.75 Å². The lowest BCUT2D eigenvalue weighted by Gasteiger charge is -2.10. The molecular weight excluding hydrogens is 268 g/mol. The molecule has 0 atom stereocenters. The summed E-state index contributed by atoms with van der Waals surface area (Å²) in [5, 5.41) is 13.5. The van der Waals surface area contributed by atoms with E-state index in [1.807, 2.05) is 20.0 Å². The van der Waals surface area contributed by atoms with Gasteiger partial charge in [-0.05, 0) is 25.1 Å². The van der Waals surface area contributed by atoms with Crippen LogP contribution < -0.4 is 4.74 Å². The number of carboxylic acids is 1. The topological polar surface area (TPSA) is 64.3 Å². The minimum Gasteiger partial charge on any atom is -0.486 e. The second-order valence-electron chi connectivity index (χ2n) is 4.11. The van der Waals surface area contributed by atoms with Crippen molar-refractivity contribution in [3.63, 3.8) is 0 Å². The van der Waals surface area contributed by atoms with Crippen molar-refractivity contribution in [3.05, 3.63) is 46.2 Å². The molecular formula is C13H13ClN2O3. The van der Waals surface area contributed by atoms with Crippen LogP contribution in [0.25, 0.3) is 0 Å². The van der Waals surface area contributed by atoms with Crippen LogP contribution in [-0.2, 0) is 13.7 Å². The van der Waals surface area contributed by atoms with Gasteiger partial charge in [-0.25, -0.2) is 4.79 Å². The number of hydrogen-bond acceptors (Lipinski definition) is 3. The molecule has 1 aromatic heterocycles. The smallest absolute Gasteiger partial charge is 0.341 e. The number of carboxylic acid groups (broad SMARTS) is 1. The number of ether oxygens (including phenoxy) is 1. The number of aryl methyl sites for hydroxylation is 2. The fraction of sp³-hybridized carbons (Fsp3) is 0.231. The first-order valence-electron chi connectivity index (χ1n) is 5.63. The minimum absolute atomic E-state index is 0.0249. The molecule has 100 valence electrons. The summed E-state index contributed by atoms with van der Waals surface area (Å²) in [5.41, 5.74) is 1.71. The van der Waals surface area contributed by atoms with Crippen molar-refractivity contribution in [2.24, 2.45) is 7.05 Å². The first-order chi connectivity index (χ1) is 8.99. The third kappa shape index (κ3) is 2.88. The molecule has 1 aromatic carbocycles. The Morgan fingerprint density at radius 1 is 1.53 bits per heavy atom. The number of rotatable bonds is 4. The first kappa shape index (κ1) is 13.4. The predicted octanol–water partition coefficient (Wildman–Crippen LogP) is 2.66. The highest BCUT2D eigenvalue weighted by atomic mass is 35.5. The van der Waals surface area contributed by atoms with Gasteiger partial charge >= 0.3 is 5.97 Å². The van der Waals surface area contributed by atoms with E-state index in [9.17, 15) is 4.79 Å². The van der Waals surface area contributed by atoms with Crippen LogP contribution in [0.1, 0.15) is 21.7 Å². The van der Waals surface area contributed by atoms with Crippen LogP contribution >= 0.6 is 11.6 Å². The summed E-state index contributed by atoms with van der Waals surface area (Å²) in [6.07, 6.45) is 0. The molecule has 5 nitrogen and oxygen atoms in total. The molecule has 2 rings (SSSR count). The van der Waals surface area contributed by atoms with Gasteiger partial charge in [-0.2, -0.15) is 5.10 Å². The first-order valence-corrected chi connectivity index (χ1v) is 6.01. The lowest BCUT2D eigenvalue weighted by Crippen LogP contribution is -2.07. The monoisotopic (exact) mass is 280 g/mol. The number of benzene rings is 1. The van der Waals surface area contributed by atoms with Crippen LogP contribution in [0.3, 0.4) is 0 Å². The molecule has 0 radical (unpaired) electrons. The Morgan fingerprint density at radius 2 is 2.26 bits per heavy atom. The van der Waals surface area contributed by atoms with Crippen molar-refractivity contribution >= 4 is 17.6 Å². The van der Waals surface area contributed by atoms with E-state index in [-0.39, 0.29) is 22.9 Å². The average molecular weight is 281 g/mol. The number of aromatic carboxylic acids is 1. The summed E-state index contributed by atoms with van der Waals surface area (Å²) in [6.45, 7) is 2.11. The standard InChI is InChI=1S/C13H13ClN2O3/c1-8-6-9(16(2)15-8)7-19-11-5-3-4-10(14)12(11)13(17)18/h3-6H,7H2,1-2H3,(H,17,18). The van der Waals surface area contributed by atoms with E-state index in [1.165, 1.54) is 6.07 Å². The van der Waals surface area contributed by atoms with Gasteiger partial charge in [0.15, 0.2) is 0 Å². The third-order valence-electron chi connectivity index (χ3n) is 2.66. The number of halogens is 1. The Bertz CT molecular complexity index is 622. The largest absolute Gasteiger partial charge is 0.486 e. The van der Waals surface area contributed by atoms with E-state index in [1.54, 1.807) is 16.8 Å². The van der Waals surface area contributed by atoms with Crippen LogP contribution in [0, 0.1) is 6.92 Å². The molecule has 0 aliphatic heterocycles. The highest BCUT2D eigenvalue weighted by Crippen LogP contribution is 2.27. The summed E-state index contributed by atoms with van der Waals surface area (Å²) in [5.74, 6) is -0.861. The summed E-state index contributed by atoms with van der Waals surface area (Å²) in [6, 6.07) is 6.63. The van der Waals surface area contributed by atoms with Gasteiger partial charge in [0.05, 0.1) is 16.4 Å². The van der Waals surface area contributed by atoms with Crippen LogP contribution in [-0.4, -0.2) is 20.9 Å². The van der Waals surface area contributed by atoms with Crippen LogP contribution in [0.5, 0.6) is 5.75 Å². The van der Waals surface area contributed by atoms with Crippen LogP contribution in [0.4, 0.5) is 0 Å². The second-order valence-corrected chi connectivity index (χ2v) is 4.51. The van der Waals surface area contributed by atoms with E-state index < -0.39 is 5.97 Å². The van der Waals surface area contributed by atoms with Crippen molar-refractivity contribution in [2.45, 2.75) is 13.5 Å². The molecule has 0 aliphatic rings. The summed E-state index contributed by atoms with van der Waals surface area (Å²) in [7, 11) is 1.81. The maximum absolute atomic E-state index is 11.1. The van der Waals surface area contributed by atoms with Crippen molar-refractivity contribution < 1.29 is 14.6 Å². The molecule has 0 spiro atoms. The van der Waals surface area contributed by atoms with Gasteiger partial charge in [0.25, 0.3) is 0 Å². The molecule has 0 saturated heterocycles. The van der Waals surface area contributed by atoms with E-state index >= 15 is 0 Å². The lowest BCUT2D eigenvalue weighted by atomic mass is 10.2. The van der Waals surface area contributed by atoms with E-state index in [4.69, 9.17) is 21.4 Å². The highest BCUT2D eigenvalue weighted by molar-refractivity contribution is 6.33. The molecule has 2 aromatic rings. The average Bonchev–Trinajstić information content (AvgIpc) is 2.64. The van der Waals surface area contributed by atoms with Gasteiger partial charge in [0, 0.05) is 7.05 Å². The van der Waals surface area contributed by atoms with Crippen molar-refractivity contribution in [2.75, 3.05) is 0 Å². The summed E-state index contributed by atoms with van der Waals surface area (Å²) >= 11 is 5.86. The molecule has 1 N–H and O–H groups in total. The predicted molar refractivity (Wildman–Crippen MR) is 70.7 cm³/mol. The number of nitrogens with zero attached hydrogens (tertiary/aromatic N) is 2. The van der Waals surface area contributed by atoms with Gasteiger partial charge in [0.2, 0.25) is 0 Å². The van der Waals surface area contributed by atoms with Gasteiger partial charge in [0.1, 0.15) is 17.9 Å².